The maximum atomic E-state index is 10.6. The average Bonchev–Trinajstić information content (AvgIpc) is 2.18. The molecule has 0 aliphatic carbocycles. The summed E-state index contributed by atoms with van der Waals surface area (Å²) in [7, 11) is 0. The molecule has 1 aromatic rings. The van der Waals surface area contributed by atoms with Crippen LogP contribution >= 0.6 is 15.9 Å². The van der Waals surface area contributed by atoms with Crippen molar-refractivity contribution in [3.05, 3.63) is 28.2 Å². The van der Waals surface area contributed by atoms with E-state index >= 15 is 0 Å². The second kappa shape index (κ2) is 5.42. The summed E-state index contributed by atoms with van der Waals surface area (Å²) in [5.41, 5.74) is 7.18. The van der Waals surface area contributed by atoms with Crippen LogP contribution in [-0.4, -0.2) is 12.5 Å². The smallest absolute Gasteiger partial charge is 0.217 e. The fourth-order valence-corrected chi connectivity index (χ4v) is 1.30. The Balaban J connectivity index is 2.64. The first-order valence-electron chi connectivity index (χ1n) is 4.38. The lowest BCUT2D eigenvalue weighted by molar-refractivity contribution is -0.118. The van der Waals surface area contributed by atoms with Crippen molar-refractivity contribution in [1.82, 2.24) is 5.32 Å². The molecular weight excluding hydrogens is 256 g/mol. The molecule has 0 aromatic heterocycles. The normalized spacial score (nSPS) is 8.93. The van der Waals surface area contributed by atoms with E-state index in [4.69, 9.17) is 5.73 Å². The molecule has 0 saturated carbocycles. The van der Waals surface area contributed by atoms with Crippen molar-refractivity contribution in [1.29, 1.82) is 0 Å². The van der Waals surface area contributed by atoms with E-state index in [2.05, 4.69) is 33.1 Å². The van der Waals surface area contributed by atoms with Gasteiger partial charge in [-0.25, -0.2) is 0 Å². The average molecular weight is 267 g/mol. The monoisotopic (exact) mass is 266 g/mol. The zero-order valence-corrected chi connectivity index (χ0v) is 9.89. The number of hydrogen-bond donors (Lipinski definition) is 2. The van der Waals surface area contributed by atoms with E-state index in [0.717, 1.165) is 10.0 Å². The number of rotatable bonds is 1. The first-order chi connectivity index (χ1) is 7.09. The van der Waals surface area contributed by atoms with Gasteiger partial charge >= 0.3 is 0 Å². The van der Waals surface area contributed by atoms with E-state index in [9.17, 15) is 4.79 Å². The van der Waals surface area contributed by atoms with E-state index in [-0.39, 0.29) is 5.91 Å². The van der Waals surface area contributed by atoms with Gasteiger partial charge in [-0.3, -0.25) is 4.79 Å². The number of nitrogens with two attached hydrogens (primary N) is 1. The number of carbonyl (C=O) groups is 1. The predicted molar refractivity (Wildman–Crippen MR) is 64.1 cm³/mol. The summed E-state index contributed by atoms with van der Waals surface area (Å²) in [6.45, 7) is 1.82. The molecule has 0 bridgehead atoms. The number of amides is 1. The highest BCUT2D eigenvalue weighted by Gasteiger charge is 1.94. The fraction of sp³-hybridized carbons (Fsp3) is 0.182. The quantitative estimate of drug-likeness (QED) is 0.598. The van der Waals surface area contributed by atoms with Crippen molar-refractivity contribution in [3.8, 4) is 11.8 Å². The van der Waals surface area contributed by atoms with Gasteiger partial charge in [0.05, 0.1) is 6.54 Å². The molecule has 0 atom stereocenters. The van der Waals surface area contributed by atoms with Crippen LogP contribution in [0, 0.1) is 11.8 Å². The molecule has 0 radical (unpaired) electrons. The topological polar surface area (TPSA) is 55.1 Å². The van der Waals surface area contributed by atoms with Crippen LogP contribution in [0.15, 0.2) is 22.7 Å². The largest absolute Gasteiger partial charge is 0.398 e. The zero-order chi connectivity index (χ0) is 11.3. The molecule has 0 aliphatic heterocycles. The summed E-state index contributed by atoms with van der Waals surface area (Å²) in [5, 5.41) is 2.59. The first kappa shape index (κ1) is 11.6. The second-order valence-electron chi connectivity index (χ2n) is 2.95. The molecule has 0 aliphatic rings. The fourth-order valence-electron chi connectivity index (χ4n) is 0.920. The van der Waals surface area contributed by atoms with Gasteiger partial charge in [0.2, 0.25) is 5.91 Å². The van der Waals surface area contributed by atoms with Gasteiger partial charge in [0, 0.05) is 22.6 Å². The highest BCUT2D eigenvalue weighted by molar-refractivity contribution is 9.10. The third-order valence-corrected chi connectivity index (χ3v) is 2.35. The molecule has 15 heavy (non-hydrogen) atoms. The van der Waals surface area contributed by atoms with Gasteiger partial charge < -0.3 is 11.1 Å². The SMILES string of the molecule is CC(=O)NCC#Cc1ccc(N)c(Br)c1. The van der Waals surface area contributed by atoms with Crippen molar-refractivity contribution in [2.24, 2.45) is 0 Å². The summed E-state index contributed by atoms with van der Waals surface area (Å²) < 4.78 is 0.828. The van der Waals surface area contributed by atoms with E-state index in [1.165, 1.54) is 6.92 Å². The van der Waals surface area contributed by atoms with E-state index in [0.29, 0.717) is 12.2 Å². The number of carbonyl (C=O) groups excluding carboxylic acids is 1. The molecule has 3 nitrogen and oxygen atoms in total. The number of halogens is 1. The Morgan fingerprint density at radius 1 is 1.60 bits per heavy atom. The van der Waals surface area contributed by atoms with E-state index < -0.39 is 0 Å². The minimum Gasteiger partial charge on any atom is -0.398 e. The van der Waals surface area contributed by atoms with Gasteiger partial charge in [0.25, 0.3) is 0 Å². The molecule has 0 spiro atoms. The van der Waals surface area contributed by atoms with E-state index in [1.54, 1.807) is 6.07 Å². The summed E-state index contributed by atoms with van der Waals surface area (Å²) >= 11 is 3.32. The predicted octanol–water partition coefficient (Wildman–Crippen LogP) is 1.52. The molecule has 1 amide bonds. The number of anilines is 1. The van der Waals surface area contributed by atoms with Crippen molar-refractivity contribution in [3.63, 3.8) is 0 Å². The van der Waals surface area contributed by atoms with Gasteiger partial charge in [0.1, 0.15) is 0 Å². The van der Waals surface area contributed by atoms with Gasteiger partial charge in [0.15, 0.2) is 0 Å². The number of nitrogen functional groups attached to an aromatic ring is 1. The maximum absolute atomic E-state index is 10.6. The lowest BCUT2D eigenvalue weighted by Crippen LogP contribution is -2.19. The highest BCUT2D eigenvalue weighted by atomic mass is 79.9. The van der Waals surface area contributed by atoms with Crippen LogP contribution in [0.25, 0.3) is 0 Å². The lowest BCUT2D eigenvalue weighted by atomic mass is 10.2. The Morgan fingerprint density at radius 2 is 2.33 bits per heavy atom. The van der Waals surface area contributed by atoms with Crippen molar-refractivity contribution < 1.29 is 4.79 Å². The van der Waals surface area contributed by atoms with Gasteiger partial charge in [-0.15, -0.1) is 0 Å². The Kier molecular flexibility index (Phi) is 4.19. The number of benzene rings is 1. The van der Waals surface area contributed by atoms with Crippen LogP contribution in [0.3, 0.4) is 0 Å². The Labute approximate surface area is 97.2 Å². The summed E-state index contributed by atoms with van der Waals surface area (Å²) in [6, 6.07) is 5.46. The minimum atomic E-state index is -0.0808. The van der Waals surface area contributed by atoms with Gasteiger partial charge in [-0.2, -0.15) is 0 Å². The van der Waals surface area contributed by atoms with Crippen LogP contribution in [-0.2, 0) is 4.79 Å². The first-order valence-corrected chi connectivity index (χ1v) is 5.17. The number of nitrogens with one attached hydrogen (secondary N) is 1. The molecule has 0 fully saturated rings. The van der Waals surface area contributed by atoms with Crippen molar-refractivity contribution >= 4 is 27.5 Å². The van der Waals surface area contributed by atoms with E-state index in [1.807, 2.05) is 12.1 Å². The third-order valence-electron chi connectivity index (χ3n) is 1.66. The standard InChI is InChI=1S/C11H11BrN2O/c1-8(15)14-6-2-3-9-4-5-11(13)10(12)7-9/h4-5,7H,6,13H2,1H3,(H,14,15). The number of hydrogen-bond acceptors (Lipinski definition) is 2. The molecule has 0 heterocycles. The van der Waals surface area contributed by atoms with Crippen LogP contribution < -0.4 is 11.1 Å². The zero-order valence-electron chi connectivity index (χ0n) is 8.30. The van der Waals surface area contributed by atoms with Crippen LogP contribution in [0.1, 0.15) is 12.5 Å². The molecule has 1 rings (SSSR count). The Morgan fingerprint density at radius 3 is 2.93 bits per heavy atom. The second-order valence-corrected chi connectivity index (χ2v) is 3.80. The summed E-state index contributed by atoms with van der Waals surface area (Å²) in [6.07, 6.45) is 0. The van der Waals surface area contributed by atoms with Crippen LogP contribution in [0.2, 0.25) is 0 Å². The van der Waals surface area contributed by atoms with Crippen LogP contribution in [0.4, 0.5) is 5.69 Å². The van der Waals surface area contributed by atoms with Crippen LogP contribution in [0.5, 0.6) is 0 Å². The van der Waals surface area contributed by atoms with Crippen molar-refractivity contribution in [2.75, 3.05) is 12.3 Å². The summed E-state index contributed by atoms with van der Waals surface area (Å²) in [5.74, 6) is 5.67. The molecule has 3 N–H and O–H groups in total. The Bertz CT molecular complexity index is 432. The summed E-state index contributed by atoms with van der Waals surface area (Å²) in [4.78, 5) is 10.6. The molecule has 1 aromatic carbocycles. The Hall–Kier alpha value is -1.47. The lowest BCUT2D eigenvalue weighted by Gasteiger charge is -1.97. The van der Waals surface area contributed by atoms with Crippen molar-refractivity contribution in [2.45, 2.75) is 6.92 Å². The molecule has 0 unspecified atom stereocenters. The molecular formula is C11H11BrN2O. The van der Waals surface area contributed by atoms with Gasteiger partial charge in [-0.1, -0.05) is 11.8 Å². The third kappa shape index (κ3) is 4.05. The minimum absolute atomic E-state index is 0.0808. The highest BCUT2D eigenvalue weighted by Crippen LogP contribution is 2.19. The molecule has 4 heteroatoms. The maximum Gasteiger partial charge on any atom is 0.217 e. The van der Waals surface area contributed by atoms with Gasteiger partial charge in [-0.05, 0) is 34.1 Å². The molecule has 78 valence electrons. The molecule has 0 saturated heterocycles.